The molecule has 0 aromatic heterocycles. The van der Waals surface area contributed by atoms with Crippen LogP contribution < -0.4 is 0 Å². The van der Waals surface area contributed by atoms with Crippen molar-refractivity contribution >= 4 is 11.0 Å². The second-order valence-electron chi connectivity index (χ2n) is 6.21. The molecule has 0 saturated carbocycles. The van der Waals surface area contributed by atoms with Gasteiger partial charge in [0.15, 0.2) is 0 Å². The van der Waals surface area contributed by atoms with Gasteiger partial charge in [-0.05, 0) is 52.3 Å². The first kappa shape index (κ1) is 18.2. The predicted octanol–water partition coefficient (Wildman–Crippen LogP) is 4.47. The average molecular weight is 321 g/mol. The van der Waals surface area contributed by atoms with Crippen molar-refractivity contribution in [3.05, 3.63) is 34.9 Å². The minimum absolute atomic E-state index is 0.369. The lowest BCUT2D eigenvalue weighted by atomic mass is 10.0. The Bertz CT molecular complexity index is 535. The van der Waals surface area contributed by atoms with Crippen molar-refractivity contribution in [3.8, 4) is 0 Å². The van der Waals surface area contributed by atoms with Gasteiger partial charge in [-0.1, -0.05) is 11.6 Å². The summed E-state index contributed by atoms with van der Waals surface area (Å²) < 4.78 is 52.2. The first-order chi connectivity index (χ1) is 9.34. The fraction of sp³-hybridized carbons (Fsp3) is 0.600. The van der Waals surface area contributed by atoms with E-state index in [1.165, 1.54) is 0 Å². The van der Waals surface area contributed by atoms with Gasteiger partial charge in [-0.15, -0.1) is 0 Å². The zero-order chi connectivity index (χ0) is 16.6. The van der Waals surface area contributed by atoms with Gasteiger partial charge >= 0.3 is 6.18 Å². The standard InChI is InChI=1S/C15H22F3NOS/c1-10-7-12(9-13(8-10)15(16,17)18)11(2)19(6)21(20)14(3,4)5/h7-9,11H,1-6H3/t11-,21-/m0/s1. The highest BCUT2D eigenvalue weighted by atomic mass is 32.2. The van der Waals surface area contributed by atoms with E-state index in [-0.39, 0.29) is 6.04 Å². The summed E-state index contributed by atoms with van der Waals surface area (Å²) >= 11 is 0. The van der Waals surface area contributed by atoms with Crippen LogP contribution >= 0.6 is 0 Å². The highest BCUT2D eigenvalue weighted by Crippen LogP contribution is 2.33. The summed E-state index contributed by atoms with van der Waals surface area (Å²) in [5, 5.41) is 0. The molecule has 0 bridgehead atoms. The normalized spacial score (nSPS) is 16.1. The molecule has 0 amide bonds. The summed E-state index contributed by atoms with van der Waals surface area (Å²) in [6.45, 7) is 8.90. The molecule has 0 heterocycles. The van der Waals surface area contributed by atoms with Crippen LogP contribution in [0.3, 0.4) is 0 Å². The van der Waals surface area contributed by atoms with Gasteiger partial charge in [0.25, 0.3) is 0 Å². The van der Waals surface area contributed by atoms with Gasteiger partial charge in [0.2, 0.25) is 0 Å². The number of benzene rings is 1. The lowest BCUT2D eigenvalue weighted by Gasteiger charge is -2.30. The molecule has 0 N–H and O–H groups in total. The average Bonchev–Trinajstić information content (AvgIpc) is 2.33. The Balaban J connectivity index is 3.16. The van der Waals surface area contributed by atoms with Crippen LogP contribution in [0.1, 0.15) is 50.4 Å². The fourth-order valence-electron chi connectivity index (χ4n) is 2.00. The summed E-state index contributed by atoms with van der Waals surface area (Å²) in [7, 11) is 0.373. The summed E-state index contributed by atoms with van der Waals surface area (Å²) in [6.07, 6.45) is -4.37. The lowest BCUT2D eigenvalue weighted by Crippen LogP contribution is -2.36. The van der Waals surface area contributed by atoms with E-state index in [4.69, 9.17) is 0 Å². The minimum atomic E-state index is -4.37. The Morgan fingerprint density at radius 2 is 1.67 bits per heavy atom. The number of hydrogen-bond donors (Lipinski definition) is 0. The molecule has 2 atom stereocenters. The predicted molar refractivity (Wildman–Crippen MR) is 80.3 cm³/mol. The van der Waals surface area contributed by atoms with Crippen LogP contribution in [0, 0.1) is 6.92 Å². The second kappa shape index (κ2) is 6.08. The Morgan fingerprint density at radius 1 is 1.14 bits per heavy atom. The van der Waals surface area contributed by atoms with Crippen molar-refractivity contribution in [2.24, 2.45) is 0 Å². The molecule has 1 rings (SSSR count). The SMILES string of the molecule is Cc1cc([C@H](C)N(C)[S@@](=O)C(C)(C)C)cc(C(F)(F)F)c1. The maximum Gasteiger partial charge on any atom is 0.416 e. The molecule has 0 saturated heterocycles. The van der Waals surface area contributed by atoms with E-state index < -0.39 is 27.5 Å². The zero-order valence-corrected chi connectivity index (χ0v) is 14.0. The number of halogens is 3. The van der Waals surface area contributed by atoms with Crippen LogP contribution in [0.15, 0.2) is 18.2 Å². The third-order valence-corrected chi connectivity index (χ3v) is 5.13. The zero-order valence-electron chi connectivity index (χ0n) is 13.2. The Morgan fingerprint density at radius 3 is 2.10 bits per heavy atom. The van der Waals surface area contributed by atoms with E-state index >= 15 is 0 Å². The van der Waals surface area contributed by atoms with Crippen molar-refractivity contribution in [1.82, 2.24) is 4.31 Å². The van der Waals surface area contributed by atoms with Gasteiger partial charge in [-0.2, -0.15) is 13.2 Å². The molecule has 0 fully saturated rings. The van der Waals surface area contributed by atoms with Crippen LogP contribution in [-0.2, 0) is 17.2 Å². The lowest BCUT2D eigenvalue weighted by molar-refractivity contribution is -0.137. The highest BCUT2D eigenvalue weighted by molar-refractivity contribution is 7.84. The summed E-state index contributed by atoms with van der Waals surface area (Å²) in [6, 6.07) is 3.59. The van der Waals surface area contributed by atoms with E-state index in [1.807, 2.05) is 20.8 Å². The molecule has 2 nitrogen and oxygen atoms in total. The van der Waals surface area contributed by atoms with E-state index in [2.05, 4.69) is 0 Å². The molecule has 0 aliphatic rings. The van der Waals surface area contributed by atoms with Crippen molar-refractivity contribution in [2.45, 2.75) is 51.6 Å². The van der Waals surface area contributed by atoms with Crippen LogP contribution in [0.4, 0.5) is 13.2 Å². The number of hydrogen-bond acceptors (Lipinski definition) is 1. The van der Waals surface area contributed by atoms with Crippen LogP contribution in [0.5, 0.6) is 0 Å². The van der Waals surface area contributed by atoms with Crippen LogP contribution in [0.2, 0.25) is 0 Å². The maximum atomic E-state index is 12.9. The van der Waals surface area contributed by atoms with Gasteiger partial charge in [0.1, 0.15) is 0 Å². The highest BCUT2D eigenvalue weighted by Gasteiger charge is 2.32. The van der Waals surface area contributed by atoms with E-state index in [0.29, 0.717) is 11.1 Å². The number of nitrogens with zero attached hydrogens (tertiary/aromatic N) is 1. The Hall–Kier alpha value is -0.880. The number of aryl methyl sites for hydroxylation is 1. The number of rotatable bonds is 3. The monoisotopic (exact) mass is 321 g/mol. The summed E-state index contributed by atoms with van der Waals surface area (Å²) in [5.41, 5.74) is 0.392. The molecule has 0 aliphatic carbocycles. The quantitative estimate of drug-likeness (QED) is 0.804. The van der Waals surface area contributed by atoms with E-state index in [0.717, 1.165) is 12.1 Å². The van der Waals surface area contributed by atoms with Crippen LogP contribution in [-0.4, -0.2) is 20.3 Å². The van der Waals surface area contributed by atoms with E-state index in [1.54, 1.807) is 31.3 Å². The first-order valence-corrected chi connectivity index (χ1v) is 7.78. The smallest absolute Gasteiger partial charge is 0.242 e. The van der Waals surface area contributed by atoms with Gasteiger partial charge in [-0.25, -0.2) is 8.51 Å². The van der Waals surface area contributed by atoms with Crippen molar-refractivity contribution < 1.29 is 17.4 Å². The van der Waals surface area contributed by atoms with E-state index in [9.17, 15) is 17.4 Å². The van der Waals surface area contributed by atoms with Crippen molar-refractivity contribution in [2.75, 3.05) is 7.05 Å². The van der Waals surface area contributed by atoms with Gasteiger partial charge in [0, 0.05) is 13.1 Å². The Kier molecular flexibility index (Phi) is 5.26. The fourth-order valence-corrected chi connectivity index (χ4v) is 3.28. The molecule has 0 radical (unpaired) electrons. The minimum Gasteiger partial charge on any atom is -0.242 e. The van der Waals surface area contributed by atoms with Gasteiger partial charge < -0.3 is 0 Å². The molecular weight excluding hydrogens is 299 g/mol. The van der Waals surface area contributed by atoms with Gasteiger partial charge in [0.05, 0.1) is 21.3 Å². The maximum absolute atomic E-state index is 12.9. The van der Waals surface area contributed by atoms with Crippen molar-refractivity contribution in [1.29, 1.82) is 0 Å². The Labute approximate surface area is 126 Å². The summed E-state index contributed by atoms with van der Waals surface area (Å²) in [5.74, 6) is 0. The molecule has 21 heavy (non-hydrogen) atoms. The largest absolute Gasteiger partial charge is 0.416 e. The third-order valence-electron chi connectivity index (χ3n) is 3.24. The molecule has 0 unspecified atom stereocenters. The van der Waals surface area contributed by atoms with Crippen LogP contribution in [0.25, 0.3) is 0 Å². The van der Waals surface area contributed by atoms with Crippen molar-refractivity contribution in [3.63, 3.8) is 0 Å². The molecule has 6 heteroatoms. The second-order valence-corrected chi connectivity index (χ2v) is 8.51. The molecule has 1 aromatic rings. The summed E-state index contributed by atoms with van der Waals surface area (Å²) in [4.78, 5) is 0. The third kappa shape index (κ3) is 4.54. The topological polar surface area (TPSA) is 20.3 Å². The number of alkyl halides is 3. The van der Waals surface area contributed by atoms with Gasteiger partial charge in [-0.3, -0.25) is 0 Å². The molecule has 0 aliphatic heterocycles. The molecule has 0 spiro atoms. The molecule has 1 aromatic carbocycles. The molecular formula is C15H22F3NOS. The molecule has 120 valence electrons. The first-order valence-electron chi connectivity index (χ1n) is 6.67.